The summed E-state index contributed by atoms with van der Waals surface area (Å²) >= 11 is 0. The number of non-ortho nitro benzene ring substituents is 1. The van der Waals surface area contributed by atoms with Gasteiger partial charge in [-0.15, -0.1) is 10.2 Å². The molecule has 0 aliphatic carbocycles. The van der Waals surface area contributed by atoms with Crippen molar-refractivity contribution in [3.63, 3.8) is 0 Å². The number of hydrogen-bond donors (Lipinski definition) is 0. The Morgan fingerprint density at radius 1 is 0.548 bits per heavy atom. The second-order valence-corrected chi connectivity index (χ2v) is 9.23. The third kappa shape index (κ3) is 6.73. The molecule has 42 heavy (non-hydrogen) atoms. The zero-order chi connectivity index (χ0) is 29.3. The lowest BCUT2D eigenvalue weighted by molar-refractivity contribution is -0.384. The maximum Gasteiger partial charge on any atom is 0.269 e. The molecule has 0 aromatic heterocycles. The Balaban J connectivity index is 1.29. The van der Waals surface area contributed by atoms with E-state index in [1.54, 1.807) is 36.4 Å². The van der Waals surface area contributed by atoms with Crippen molar-refractivity contribution in [2.24, 2.45) is 30.7 Å². The van der Waals surface area contributed by atoms with Gasteiger partial charge >= 0.3 is 0 Å². The number of nitro benzene ring substituents is 1. The van der Waals surface area contributed by atoms with Crippen LogP contribution in [0.4, 0.5) is 45.5 Å². The number of anilines is 1. The van der Waals surface area contributed by atoms with Gasteiger partial charge in [0.05, 0.1) is 39.0 Å². The zero-order valence-electron chi connectivity index (χ0n) is 23.2. The third-order valence-electron chi connectivity index (χ3n) is 6.59. The predicted octanol–water partition coefficient (Wildman–Crippen LogP) is 10.8. The third-order valence-corrected chi connectivity index (χ3v) is 6.59. The van der Waals surface area contributed by atoms with Crippen LogP contribution in [-0.4, -0.2) is 18.0 Å². The molecule has 0 spiro atoms. The molecule has 0 amide bonds. The second-order valence-electron chi connectivity index (χ2n) is 9.23. The van der Waals surface area contributed by atoms with E-state index in [1.165, 1.54) is 17.8 Å². The van der Waals surface area contributed by atoms with Crippen LogP contribution in [0.15, 0.2) is 140 Å². The van der Waals surface area contributed by atoms with Crippen LogP contribution in [0.25, 0.3) is 10.8 Å². The number of nitro groups is 1. The molecular formula is C32H28N8O2. The standard InChI is InChI=1S/C32H28N8O2/c1-3-39(4-2)27-17-13-26(14-18-27)36-38-32-22-21-31(29-7-5-6-8-30(29)32)37-35-24-11-9-23(10-12-24)33-34-25-15-19-28(20-16-25)40(41)42/h5-22H,3-4H2,1-2H3. The smallest absolute Gasteiger partial charge is 0.269 e. The molecule has 5 rings (SSSR count). The first-order valence-corrected chi connectivity index (χ1v) is 13.5. The topological polar surface area (TPSA) is 121 Å². The van der Waals surface area contributed by atoms with Crippen LogP contribution < -0.4 is 4.90 Å². The van der Waals surface area contributed by atoms with Crippen LogP contribution in [-0.2, 0) is 0 Å². The number of azo groups is 3. The maximum absolute atomic E-state index is 10.8. The fraction of sp³-hybridized carbons (Fsp3) is 0.125. The van der Waals surface area contributed by atoms with Gasteiger partial charge in [-0.2, -0.15) is 20.5 Å². The van der Waals surface area contributed by atoms with E-state index in [0.29, 0.717) is 17.1 Å². The highest BCUT2D eigenvalue weighted by Crippen LogP contribution is 2.35. The summed E-state index contributed by atoms with van der Waals surface area (Å²) < 4.78 is 0. The fourth-order valence-electron chi connectivity index (χ4n) is 4.33. The molecule has 5 aromatic carbocycles. The Morgan fingerprint density at radius 3 is 1.33 bits per heavy atom. The van der Waals surface area contributed by atoms with Gasteiger partial charge in [0, 0.05) is 41.7 Å². The highest BCUT2D eigenvalue weighted by molar-refractivity contribution is 5.99. The summed E-state index contributed by atoms with van der Waals surface area (Å²) in [7, 11) is 0. The van der Waals surface area contributed by atoms with E-state index in [2.05, 4.69) is 61.6 Å². The van der Waals surface area contributed by atoms with Gasteiger partial charge in [-0.3, -0.25) is 10.1 Å². The SMILES string of the molecule is CCN(CC)c1ccc(N=Nc2ccc(N=Nc3ccc(N=Nc4ccc([N+](=O)[O-])cc4)cc3)c3ccccc23)cc1. The molecule has 0 aliphatic rings. The van der Waals surface area contributed by atoms with Gasteiger partial charge in [0.2, 0.25) is 0 Å². The van der Waals surface area contributed by atoms with E-state index >= 15 is 0 Å². The molecule has 0 aliphatic heterocycles. The van der Waals surface area contributed by atoms with Gasteiger partial charge < -0.3 is 4.90 Å². The largest absolute Gasteiger partial charge is 0.372 e. The van der Waals surface area contributed by atoms with Gasteiger partial charge in [0.1, 0.15) is 0 Å². The maximum atomic E-state index is 10.8. The Hall–Kier alpha value is -5.64. The van der Waals surface area contributed by atoms with Crippen molar-refractivity contribution >= 4 is 56.3 Å². The fourth-order valence-corrected chi connectivity index (χ4v) is 4.33. The van der Waals surface area contributed by atoms with Gasteiger partial charge in [0.25, 0.3) is 5.69 Å². The number of rotatable bonds is 10. The average molecular weight is 557 g/mol. The highest BCUT2D eigenvalue weighted by Gasteiger charge is 2.07. The van der Waals surface area contributed by atoms with E-state index in [0.717, 1.165) is 40.9 Å². The summed E-state index contributed by atoms with van der Waals surface area (Å²) in [6.45, 7) is 6.19. The Morgan fingerprint density at radius 2 is 0.929 bits per heavy atom. The summed E-state index contributed by atoms with van der Waals surface area (Å²) in [5.41, 5.74) is 5.23. The molecular weight excluding hydrogens is 528 g/mol. The molecule has 0 saturated carbocycles. The molecule has 5 aromatic rings. The molecule has 208 valence electrons. The predicted molar refractivity (Wildman–Crippen MR) is 166 cm³/mol. The van der Waals surface area contributed by atoms with Crippen molar-refractivity contribution < 1.29 is 4.92 Å². The lowest BCUT2D eigenvalue weighted by Gasteiger charge is -2.20. The quantitative estimate of drug-likeness (QED) is 0.0965. The van der Waals surface area contributed by atoms with Gasteiger partial charge in [-0.1, -0.05) is 24.3 Å². The summed E-state index contributed by atoms with van der Waals surface area (Å²) in [4.78, 5) is 12.6. The van der Waals surface area contributed by atoms with E-state index in [1.807, 2.05) is 48.5 Å². The van der Waals surface area contributed by atoms with Crippen LogP contribution in [0.1, 0.15) is 13.8 Å². The van der Waals surface area contributed by atoms with Crippen molar-refractivity contribution in [1.82, 2.24) is 0 Å². The van der Waals surface area contributed by atoms with E-state index in [9.17, 15) is 10.1 Å². The van der Waals surface area contributed by atoms with Gasteiger partial charge in [-0.25, -0.2) is 0 Å². The van der Waals surface area contributed by atoms with Crippen molar-refractivity contribution in [1.29, 1.82) is 0 Å². The van der Waals surface area contributed by atoms with E-state index in [4.69, 9.17) is 0 Å². The summed E-state index contributed by atoms with van der Waals surface area (Å²) in [5, 5.41) is 38.8. The van der Waals surface area contributed by atoms with Gasteiger partial charge in [-0.05, 0) is 86.6 Å². The lowest BCUT2D eigenvalue weighted by atomic mass is 10.1. The molecule has 10 heteroatoms. The Bertz CT molecular complexity index is 1760. The molecule has 10 nitrogen and oxygen atoms in total. The molecule has 0 radical (unpaired) electrons. The number of benzene rings is 5. The normalized spacial score (nSPS) is 11.7. The van der Waals surface area contributed by atoms with Crippen molar-refractivity contribution in [2.75, 3.05) is 18.0 Å². The second kappa shape index (κ2) is 13.1. The number of fused-ring (bicyclic) bond motifs is 1. The first-order chi connectivity index (χ1) is 20.5. The molecule has 0 atom stereocenters. The summed E-state index contributed by atoms with van der Waals surface area (Å²) in [6.07, 6.45) is 0. The first kappa shape index (κ1) is 27.9. The van der Waals surface area contributed by atoms with Crippen LogP contribution in [0, 0.1) is 10.1 Å². The molecule has 0 saturated heterocycles. The summed E-state index contributed by atoms with van der Waals surface area (Å²) in [5.74, 6) is 0. The molecule has 0 heterocycles. The Kier molecular flexibility index (Phi) is 8.73. The monoisotopic (exact) mass is 556 g/mol. The Labute approximate surface area is 242 Å². The number of hydrogen-bond acceptors (Lipinski definition) is 9. The van der Waals surface area contributed by atoms with E-state index < -0.39 is 4.92 Å². The molecule has 0 unspecified atom stereocenters. The van der Waals surface area contributed by atoms with Crippen LogP contribution in [0.2, 0.25) is 0 Å². The lowest BCUT2D eigenvalue weighted by Crippen LogP contribution is -2.21. The van der Waals surface area contributed by atoms with Crippen molar-refractivity contribution in [2.45, 2.75) is 13.8 Å². The number of nitrogens with zero attached hydrogens (tertiary/aromatic N) is 8. The minimum absolute atomic E-state index is 0.00666. The average Bonchev–Trinajstić information content (AvgIpc) is 3.04. The molecule has 0 N–H and O–H groups in total. The zero-order valence-corrected chi connectivity index (χ0v) is 23.2. The highest BCUT2D eigenvalue weighted by atomic mass is 16.6. The van der Waals surface area contributed by atoms with Crippen molar-refractivity contribution in [3.05, 3.63) is 119 Å². The van der Waals surface area contributed by atoms with Crippen LogP contribution >= 0.6 is 0 Å². The van der Waals surface area contributed by atoms with Crippen LogP contribution in [0.3, 0.4) is 0 Å². The molecule has 0 bridgehead atoms. The molecule has 0 fully saturated rings. The minimum atomic E-state index is -0.454. The van der Waals surface area contributed by atoms with E-state index in [-0.39, 0.29) is 5.69 Å². The van der Waals surface area contributed by atoms with Crippen LogP contribution in [0.5, 0.6) is 0 Å². The first-order valence-electron chi connectivity index (χ1n) is 13.5. The minimum Gasteiger partial charge on any atom is -0.372 e. The van der Waals surface area contributed by atoms with Gasteiger partial charge in [0.15, 0.2) is 0 Å². The van der Waals surface area contributed by atoms with Crippen molar-refractivity contribution in [3.8, 4) is 0 Å². The summed E-state index contributed by atoms with van der Waals surface area (Å²) in [6, 6.07) is 32.8.